The molecular weight excluding hydrogens is 487 g/mol. The Morgan fingerprint density at radius 1 is 1.21 bits per heavy atom. The summed E-state index contributed by atoms with van der Waals surface area (Å²) in [4.78, 5) is 18.1. The van der Waals surface area contributed by atoms with Crippen molar-refractivity contribution in [1.29, 1.82) is 0 Å². The number of rotatable bonds is 6. The highest BCUT2D eigenvalue weighted by Crippen LogP contribution is 2.32. The van der Waals surface area contributed by atoms with Crippen LogP contribution in [-0.4, -0.2) is 75.7 Å². The number of halogens is 1. The first-order valence-corrected chi connectivity index (χ1v) is 9.72. The summed E-state index contributed by atoms with van der Waals surface area (Å²) in [6.07, 6.45) is 1.45. The Kier molecular flexibility index (Phi) is 9.60. The second-order valence-corrected chi connectivity index (χ2v) is 7.25. The van der Waals surface area contributed by atoms with Crippen LogP contribution in [0.3, 0.4) is 0 Å². The third-order valence-electron chi connectivity index (χ3n) is 4.83. The Hall–Kier alpha value is -1.43. The van der Waals surface area contributed by atoms with E-state index in [1.807, 2.05) is 30.3 Å². The van der Waals surface area contributed by atoms with Crippen molar-refractivity contribution in [2.75, 3.05) is 47.0 Å². The number of benzene rings is 1. The average molecular weight is 518 g/mol. The van der Waals surface area contributed by atoms with Gasteiger partial charge in [0.25, 0.3) is 0 Å². The van der Waals surface area contributed by atoms with Gasteiger partial charge in [-0.1, -0.05) is 30.3 Å². The van der Waals surface area contributed by atoms with Crippen molar-refractivity contribution in [2.24, 2.45) is 4.99 Å². The van der Waals surface area contributed by atoms with E-state index in [1.165, 1.54) is 0 Å². The van der Waals surface area contributed by atoms with Gasteiger partial charge in [0.05, 0.1) is 32.9 Å². The van der Waals surface area contributed by atoms with Crippen LogP contribution < -0.4 is 10.6 Å². The van der Waals surface area contributed by atoms with Crippen LogP contribution in [0.5, 0.6) is 0 Å². The Morgan fingerprint density at radius 2 is 1.93 bits per heavy atom. The largest absolute Gasteiger partial charge is 0.381 e. The number of hydrogen-bond acceptors (Lipinski definition) is 5. The van der Waals surface area contributed by atoms with Crippen molar-refractivity contribution >= 4 is 35.8 Å². The fourth-order valence-corrected chi connectivity index (χ4v) is 3.12. The predicted octanol–water partition coefficient (Wildman–Crippen LogP) is 1.35. The van der Waals surface area contributed by atoms with Gasteiger partial charge in [0.2, 0.25) is 5.91 Å². The van der Waals surface area contributed by atoms with Crippen molar-refractivity contribution in [1.82, 2.24) is 15.5 Å². The number of likely N-dealkylation sites (N-methyl/N-ethyl adjacent to an activating group) is 1. The number of hydrogen-bond donors (Lipinski definition) is 2. The lowest BCUT2D eigenvalue weighted by molar-refractivity contribution is -0.210. The third kappa shape index (κ3) is 7.40. The lowest BCUT2D eigenvalue weighted by Crippen LogP contribution is -2.46. The van der Waals surface area contributed by atoms with E-state index in [0.717, 1.165) is 18.4 Å². The van der Waals surface area contributed by atoms with Gasteiger partial charge in [-0.05, 0) is 5.56 Å². The van der Waals surface area contributed by atoms with Gasteiger partial charge in [0.15, 0.2) is 11.7 Å². The molecule has 1 spiro atoms. The Labute approximate surface area is 189 Å². The van der Waals surface area contributed by atoms with Crippen LogP contribution in [0.15, 0.2) is 35.3 Å². The molecule has 2 heterocycles. The molecule has 162 valence electrons. The molecule has 3 rings (SSSR count). The minimum Gasteiger partial charge on any atom is -0.381 e. The van der Waals surface area contributed by atoms with Gasteiger partial charge in [-0.15, -0.1) is 24.0 Å². The summed E-state index contributed by atoms with van der Waals surface area (Å²) < 4.78 is 17.5. The maximum absolute atomic E-state index is 11.9. The maximum atomic E-state index is 11.9. The number of amides is 1. The summed E-state index contributed by atoms with van der Waals surface area (Å²) in [5.74, 6) is 0.0617. The fourth-order valence-electron chi connectivity index (χ4n) is 3.12. The van der Waals surface area contributed by atoms with Crippen LogP contribution in [0.2, 0.25) is 0 Å². The molecule has 2 N–H and O–H groups in total. The zero-order valence-electron chi connectivity index (χ0n) is 17.1. The number of guanidine groups is 1. The molecule has 29 heavy (non-hydrogen) atoms. The van der Waals surface area contributed by atoms with Crippen molar-refractivity contribution in [2.45, 2.75) is 31.3 Å². The minimum atomic E-state index is -0.500. The van der Waals surface area contributed by atoms with Crippen LogP contribution in [0.4, 0.5) is 0 Å². The second-order valence-electron chi connectivity index (χ2n) is 7.25. The molecule has 2 aliphatic rings. The molecule has 1 aromatic rings. The number of nitrogens with zero attached hydrogens (tertiary/aromatic N) is 2. The highest BCUT2D eigenvalue weighted by atomic mass is 127. The molecule has 1 atom stereocenters. The maximum Gasteiger partial charge on any atom is 0.241 e. The van der Waals surface area contributed by atoms with E-state index in [-0.39, 0.29) is 42.5 Å². The second kappa shape index (κ2) is 11.7. The van der Waals surface area contributed by atoms with Gasteiger partial charge in [0, 0.05) is 33.5 Å². The number of aliphatic imine (C=N–C) groups is 1. The van der Waals surface area contributed by atoms with E-state index >= 15 is 0 Å². The fraction of sp³-hybridized carbons (Fsp3) is 0.600. The summed E-state index contributed by atoms with van der Waals surface area (Å²) >= 11 is 0. The summed E-state index contributed by atoms with van der Waals surface area (Å²) in [6.45, 7) is 3.12. The van der Waals surface area contributed by atoms with Crippen LogP contribution in [-0.2, 0) is 25.5 Å². The lowest BCUT2D eigenvalue weighted by atomic mass is 10.1. The molecule has 1 aromatic carbocycles. The molecule has 0 aromatic heterocycles. The van der Waals surface area contributed by atoms with Crippen LogP contribution >= 0.6 is 24.0 Å². The highest BCUT2D eigenvalue weighted by Gasteiger charge is 2.42. The summed E-state index contributed by atoms with van der Waals surface area (Å²) in [5, 5.41) is 6.38. The third-order valence-corrected chi connectivity index (χ3v) is 4.83. The van der Waals surface area contributed by atoms with E-state index < -0.39 is 5.79 Å². The zero-order valence-corrected chi connectivity index (χ0v) is 19.4. The number of ether oxygens (including phenoxy) is 3. The molecule has 0 bridgehead atoms. The van der Waals surface area contributed by atoms with Gasteiger partial charge >= 0.3 is 0 Å². The molecule has 1 amide bonds. The van der Waals surface area contributed by atoms with Gasteiger partial charge in [-0.25, -0.2) is 4.99 Å². The molecule has 2 aliphatic heterocycles. The topological polar surface area (TPSA) is 84.4 Å². The van der Waals surface area contributed by atoms with E-state index in [4.69, 9.17) is 14.2 Å². The Bertz CT molecular complexity index is 666. The highest BCUT2D eigenvalue weighted by molar-refractivity contribution is 14.0. The number of carbonyl (C=O) groups excluding carboxylic acids is 1. The number of nitrogens with one attached hydrogen (secondary N) is 2. The lowest BCUT2D eigenvalue weighted by Gasteiger charge is -2.31. The van der Waals surface area contributed by atoms with Crippen molar-refractivity contribution in [3.8, 4) is 0 Å². The molecule has 0 aliphatic carbocycles. The van der Waals surface area contributed by atoms with Gasteiger partial charge in [0.1, 0.15) is 6.10 Å². The Morgan fingerprint density at radius 3 is 2.62 bits per heavy atom. The van der Waals surface area contributed by atoms with Crippen LogP contribution in [0.25, 0.3) is 0 Å². The smallest absolute Gasteiger partial charge is 0.241 e. The summed E-state index contributed by atoms with van der Waals surface area (Å²) in [6, 6.07) is 9.99. The van der Waals surface area contributed by atoms with Crippen molar-refractivity contribution in [3.05, 3.63) is 35.9 Å². The first kappa shape index (κ1) is 23.8. The Balaban J connectivity index is 0.00000300. The minimum absolute atomic E-state index is 0. The van der Waals surface area contributed by atoms with Crippen molar-refractivity contribution < 1.29 is 19.0 Å². The molecule has 0 radical (unpaired) electrons. The molecule has 1 unspecified atom stereocenters. The predicted molar refractivity (Wildman–Crippen MR) is 121 cm³/mol. The average Bonchev–Trinajstić information content (AvgIpc) is 3.10. The standard InChI is InChI=1S/C20H30N4O4.HI/c1-24(2)18(25)14-23-19(21-12-16-6-4-3-5-7-16)22-13-17-15-27-20(28-17)8-10-26-11-9-20;/h3-7,17H,8-15H2,1-2H3,(H2,21,22,23);1H. The summed E-state index contributed by atoms with van der Waals surface area (Å²) in [7, 11) is 3.46. The van der Waals surface area contributed by atoms with Gasteiger partial charge in [-0.3, -0.25) is 4.79 Å². The normalized spacial score (nSPS) is 20.8. The van der Waals surface area contributed by atoms with E-state index in [9.17, 15) is 4.79 Å². The van der Waals surface area contributed by atoms with Crippen LogP contribution in [0, 0.1) is 0 Å². The van der Waals surface area contributed by atoms with Gasteiger partial charge < -0.3 is 29.7 Å². The van der Waals surface area contributed by atoms with E-state index in [2.05, 4.69) is 15.6 Å². The van der Waals surface area contributed by atoms with Crippen LogP contribution in [0.1, 0.15) is 18.4 Å². The number of carbonyl (C=O) groups is 1. The molecule has 9 heteroatoms. The quantitative estimate of drug-likeness (QED) is 0.336. The molecular formula is C20H31IN4O4. The SMILES string of the molecule is CN(C)C(=O)CNC(=NCc1ccccc1)NCC1COC2(CCOCC2)O1.I. The summed E-state index contributed by atoms with van der Waals surface area (Å²) in [5.41, 5.74) is 1.10. The molecule has 2 fully saturated rings. The van der Waals surface area contributed by atoms with Gasteiger partial charge in [-0.2, -0.15) is 0 Å². The van der Waals surface area contributed by atoms with E-state index in [0.29, 0.717) is 38.9 Å². The molecule has 2 saturated heterocycles. The van der Waals surface area contributed by atoms with Crippen molar-refractivity contribution in [3.63, 3.8) is 0 Å². The zero-order chi connectivity index (χ0) is 19.8. The molecule has 8 nitrogen and oxygen atoms in total. The van der Waals surface area contributed by atoms with E-state index in [1.54, 1.807) is 19.0 Å². The first-order valence-electron chi connectivity index (χ1n) is 9.72. The monoisotopic (exact) mass is 518 g/mol. The molecule has 0 saturated carbocycles. The first-order chi connectivity index (χ1) is 13.6.